The van der Waals surface area contributed by atoms with Gasteiger partial charge in [-0.05, 0) is 74.2 Å². The zero-order chi connectivity index (χ0) is 28.9. The lowest BCUT2D eigenvalue weighted by Crippen LogP contribution is -2.36. The number of benzene rings is 1. The number of halogens is 2. The van der Waals surface area contributed by atoms with Crippen molar-refractivity contribution in [2.75, 3.05) is 45.3 Å². The van der Waals surface area contributed by atoms with E-state index in [-0.39, 0.29) is 28.2 Å². The van der Waals surface area contributed by atoms with Crippen LogP contribution in [0.3, 0.4) is 0 Å². The molecule has 2 N–H and O–H groups in total. The predicted octanol–water partition coefficient (Wildman–Crippen LogP) is 6.12. The highest BCUT2D eigenvalue weighted by atomic mass is 19.2. The van der Waals surface area contributed by atoms with Crippen LogP contribution in [0, 0.1) is 17.0 Å². The molecule has 1 aromatic heterocycles. The molecule has 40 heavy (non-hydrogen) atoms. The number of carboxylic acid groups (broad SMARTS) is 1. The molecule has 7 nitrogen and oxygen atoms in total. The highest BCUT2D eigenvalue weighted by Gasteiger charge is 2.42. The van der Waals surface area contributed by atoms with Gasteiger partial charge >= 0.3 is 5.97 Å². The number of anilines is 1. The number of carboxylic acids is 1. The second-order valence-corrected chi connectivity index (χ2v) is 11.8. The molecular weight excluding hydrogens is 516 g/mol. The van der Waals surface area contributed by atoms with E-state index in [2.05, 4.69) is 24.4 Å². The maximum Gasteiger partial charge on any atom is 0.325 e. The van der Waals surface area contributed by atoms with Gasteiger partial charge in [0, 0.05) is 36.4 Å². The number of methoxy groups -OCH3 is 1. The minimum Gasteiger partial charge on any atom is -0.493 e. The number of aryl methyl sites for hydroxylation is 2. The molecule has 0 aliphatic carbocycles. The Kier molecular flexibility index (Phi) is 10.0. The smallest absolute Gasteiger partial charge is 0.325 e. The first-order valence-electron chi connectivity index (χ1n) is 14.5. The summed E-state index contributed by atoms with van der Waals surface area (Å²) in [7, 11) is 1.23. The first-order chi connectivity index (χ1) is 19.1. The van der Waals surface area contributed by atoms with Gasteiger partial charge in [0.25, 0.3) is 0 Å². The van der Waals surface area contributed by atoms with Gasteiger partial charge in [0.2, 0.25) is 5.82 Å². The van der Waals surface area contributed by atoms with Crippen LogP contribution in [0.5, 0.6) is 5.75 Å². The summed E-state index contributed by atoms with van der Waals surface area (Å²) in [5.41, 5.74) is 2.48. The van der Waals surface area contributed by atoms with Gasteiger partial charge in [0.05, 0.1) is 13.7 Å². The van der Waals surface area contributed by atoms with Crippen LogP contribution in [0.15, 0.2) is 18.2 Å². The normalized spacial score (nSPS) is 19.9. The lowest BCUT2D eigenvalue weighted by atomic mass is 9.91. The fourth-order valence-corrected chi connectivity index (χ4v) is 5.88. The summed E-state index contributed by atoms with van der Waals surface area (Å²) in [4.78, 5) is 19.0. The Morgan fingerprint density at radius 3 is 2.73 bits per heavy atom. The summed E-state index contributed by atoms with van der Waals surface area (Å²) in [6.07, 6.45) is 7.00. The van der Waals surface area contributed by atoms with Gasteiger partial charge in [-0.1, -0.05) is 33.3 Å². The Hall–Kier alpha value is -2.78. The highest BCUT2D eigenvalue weighted by Crippen LogP contribution is 2.41. The van der Waals surface area contributed by atoms with Crippen LogP contribution in [0.2, 0.25) is 0 Å². The van der Waals surface area contributed by atoms with Crippen molar-refractivity contribution in [3.63, 3.8) is 0 Å². The van der Waals surface area contributed by atoms with E-state index in [4.69, 9.17) is 14.5 Å². The summed E-state index contributed by atoms with van der Waals surface area (Å²) in [5.74, 6) is -2.86. The van der Waals surface area contributed by atoms with Crippen molar-refractivity contribution < 1.29 is 28.2 Å². The Balaban J connectivity index is 1.28. The van der Waals surface area contributed by atoms with Crippen molar-refractivity contribution >= 4 is 11.8 Å². The standard InChI is InChI=1S/C31H43F2N3O4/c1-20(2)23-17-24(28(39-4)26(33)25(23)32)27(30(37)38)36-15-13-31(3,18-36)19-40-16-7-5-6-10-22-12-11-21-9-8-14-34-29(21)35-22/h11-12,17,20,27H,5-10,13-16,18-19H2,1-4H3,(H,34,35)(H,37,38)/t27?,31-/m1/s1. The molecule has 1 unspecified atom stereocenters. The van der Waals surface area contributed by atoms with E-state index in [1.165, 1.54) is 18.7 Å². The van der Waals surface area contributed by atoms with Crippen LogP contribution in [-0.4, -0.2) is 60.9 Å². The maximum atomic E-state index is 14.9. The van der Waals surface area contributed by atoms with Crippen LogP contribution in [-0.2, 0) is 22.4 Å². The van der Waals surface area contributed by atoms with Gasteiger partial charge in [0.1, 0.15) is 11.9 Å². The Bertz CT molecular complexity index is 1190. The molecule has 0 saturated carbocycles. The first kappa shape index (κ1) is 30.2. The molecule has 2 aliphatic rings. The largest absolute Gasteiger partial charge is 0.493 e. The van der Waals surface area contributed by atoms with Crippen LogP contribution in [0.1, 0.15) is 87.2 Å². The minimum atomic E-state index is -1.14. The number of nitrogens with one attached hydrogen (secondary N) is 1. The number of pyridine rings is 1. The highest BCUT2D eigenvalue weighted by molar-refractivity contribution is 5.77. The molecule has 2 atom stereocenters. The summed E-state index contributed by atoms with van der Waals surface area (Å²) < 4.78 is 40.7. The number of nitrogens with zero attached hydrogens (tertiary/aromatic N) is 2. The van der Waals surface area contributed by atoms with Gasteiger partial charge in [0.15, 0.2) is 11.6 Å². The fourth-order valence-electron chi connectivity index (χ4n) is 5.88. The Morgan fingerprint density at radius 2 is 2.00 bits per heavy atom. The van der Waals surface area contributed by atoms with Crippen molar-refractivity contribution in [2.24, 2.45) is 5.41 Å². The summed E-state index contributed by atoms with van der Waals surface area (Å²) >= 11 is 0. The van der Waals surface area contributed by atoms with E-state index in [1.807, 2.05) is 4.90 Å². The molecule has 0 spiro atoms. The maximum absolute atomic E-state index is 14.9. The predicted molar refractivity (Wildman–Crippen MR) is 151 cm³/mol. The molecular formula is C31H43F2N3O4. The third-order valence-corrected chi connectivity index (χ3v) is 8.15. The topological polar surface area (TPSA) is 83.9 Å². The van der Waals surface area contributed by atoms with Crippen LogP contribution in [0.25, 0.3) is 0 Å². The molecule has 2 aliphatic heterocycles. The van der Waals surface area contributed by atoms with E-state index in [0.29, 0.717) is 26.3 Å². The fraction of sp³-hybridized carbons (Fsp3) is 0.613. The third-order valence-electron chi connectivity index (χ3n) is 8.15. The number of ether oxygens (including phenoxy) is 2. The van der Waals surface area contributed by atoms with Gasteiger partial charge in [-0.15, -0.1) is 0 Å². The van der Waals surface area contributed by atoms with Crippen LogP contribution >= 0.6 is 0 Å². The second kappa shape index (κ2) is 13.3. The molecule has 220 valence electrons. The number of likely N-dealkylation sites (tertiary alicyclic amines) is 1. The quantitative estimate of drug-likeness (QED) is 0.286. The van der Waals surface area contributed by atoms with E-state index in [1.54, 1.807) is 13.8 Å². The third kappa shape index (κ3) is 6.92. The lowest BCUT2D eigenvalue weighted by molar-refractivity contribution is -0.143. The monoisotopic (exact) mass is 559 g/mol. The van der Waals surface area contributed by atoms with E-state index >= 15 is 0 Å². The average molecular weight is 560 g/mol. The number of aliphatic carboxylic acids is 1. The molecule has 1 fully saturated rings. The zero-order valence-electron chi connectivity index (χ0n) is 24.2. The van der Waals surface area contributed by atoms with Crippen molar-refractivity contribution in [1.82, 2.24) is 9.88 Å². The number of carbonyl (C=O) groups is 1. The number of rotatable bonds is 13. The number of aromatic nitrogens is 1. The molecule has 2 aromatic rings. The molecule has 0 bridgehead atoms. The number of unbranched alkanes of at least 4 members (excludes halogenated alkanes) is 2. The van der Waals surface area contributed by atoms with Gasteiger partial charge in [-0.2, -0.15) is 4.39 Å². The first-order valence-corrected chi connectivity index (χ1v) is 14.5. The molecule has 1 aromatic carbocycles. The lowest BCUT2D eigenvalue weighted by Gasteiger charge is -2.29. The van der Waals surface area contributed by atoms with Crippen LogP contribution in [0.4, 0.5) is 14.6 Å². The van der Waals surface area contributed by atoms with Crippen molar-refractivity contribution in [2.45, 2.75) is 77.7 Å². The van der Waals surface area contributed by atoms with E-state index in [9.17, 15) is 18.7 Å². The Morgan fingerprint density at radius 1 is 1.20 bits per heavy atom. The number of fused-ring (bicyclic) bond motifs is 1. The molecule has 3 heterocycles. The minimum absolute atomic E-state index is 0.143. The SMILES string of the molecule is COc1c(C(C(=O)O)N2CC[C@@](C)(COCCCCCc3ccc4c(n3)NCCC4)C2)cc(C(C)C)c(F)c1F. The number of hydrogen-bond acceptors (Lipinski definition) is 6. The Labute approximate surface area is 236 Å². The van der Waals surface area contributed by atoms with Gasteiger partial charge < -0.3 is 19.9 Å². The summed E-state index contributed by atoms with van der Waals surface area (Å²) in [6, 6.07) is 4.64. The van der Waals surface area contributed by atoms with E-state index in [0.717, 1.165) is 63.0 Å². The molecule has 1 saturated heterocycles. The van der Waals surface area contributed by atoms with E-state index < -0.39 is 23.6 Å². The molecule has 0 radical (unpaired) electrons. The number of hydrogen-bond donors (Lipinski definition) is 2. The van der Waals surface area contributed by atoms with Gasteiger partial charge in [-0.3, -0.25) is 9.69 Å². The van der Waals surface area contributed by atoms with Gasteiger partial charge in [-0.25, -0.2) is 9.37 Å². The summed E-state index contributed by atoms with van der Waals surface area (Å²) in [6.45, 7) is 8.72. The average Bonchev–Trinajstić information content (AvgIpc) is 3.31. The molecule has 0 amide bonds. The zero-order valence-corrected chi connectivity index (χ0v) is 24.2. The molecule has 9 heteroatoms. The molecule has 4 rings (SSSR count). The van der Waals surface area contributed by atoms with Crippen molar-refractivity contribution in [3.8, 4) is 5.75 Å². The second-order valence-electron chi connectivity index (χ2n) is 11.8. The summed E-state index contributed by atoms with van der Waals surface area (Å²) in [5, 5.41) is 13.5. The van der Waals surface area contributed by atoms with Crippen molar-refractivity contribution in [3.05, 3.63) is 52.2 Å². The van der Waals surface area contributed by atoms with Crippen molar-refractivity contribution in [1.29, 1.82) is 0 Å². The van der Waals surface area contributed by atoms with Crippen LogP contribution < -0.4 is 10.1 Å².